The standard InChI is InChI=1S/C20H30N4O2/c1-7-24(12-19-22-20(13(2)3)23-26-19)11-18(25)21-16(6)17-10-14(4)8-9-15(17)5/h8-10,13,16H,7,11-12H2,1-6H3,(H,21,25)/t16-/m0/s1. The van der Waals surface area contributed by atoms with Gasteiger partial charge >= 0.3 is 0 Å². The zero-order valence-corrected chi connectivity index (χ0v) is 16.7. The maximum atomic E-state index is 12.5. The fourth-order valence-electron chi connectivity index (χ4n) is 2.83. The van der Waals surface area contributed by atoms with E-state index in [9.17, 15) is 4.79 Å². The van der Waals surface area contributed by atoms with Crippen molar-refractivity contribution in [3.63, 3.8) is 0 Å². The van der Waals surface area contributed by atoms with E-state index < -0.39 is 0 Å². The summed E-state index contributed by atoms with van der Waals surface area (Å²) in [5.41, 5.74) is 3.53. The van der Waals surface area contributed by atoms with E-state index in [1.807, 2.05) is 32.6 Å². The normalized spacial score (nSPS) is 12.6. The summed E-state index contributed by atoms with van der Waals surface area (Å²) in [5.74, 6) is 1.46. The molecule has 0 radical (unpaired) electrons. The van der Waals surface area contributed by atoms with Crippen molar-refractivity contribution in [1.29, 1.82) is 0 Å². The lowest BCUT2D eigenvalue weighted by Gasteiger charge is -2.21. The summed E-state index contributed by atoms with van der Waals surface area (Å²) in [5, 5.41) is 7.07. The van der Waals surface area contributed by atoms with Gasteiger partial charge in [-0.3, -0.25) is 9.69 Å². The monoisotopic (exact) mass is 358 g/mol. The molecule has 0 saturated heterocycles. The van der Waals surface area contributed by atoms with Gasteiger partial charge in [0, 0.05) is 5.92 Å². The van der Waals surface area contributed by atoms with E-state index in [1.165, 1.54) is 11.1 Å². The topological polar surface area (TPSA) is 71.3 Å². The van der Waals surface area contributed by atoms with E-state index in [0.29, 0.717) is 24.8 Å². The fourth-order valence-corrected chi connectivity index (χ4v) is 2.83. The van der Waals surface area contributed by atoms with Crippen LogP contribution in [0, 0.1) is 13.8 Å². The van der Waals surface area contributed by atoms with Crippen LogP contribution in [0.3, 0.4) is 0 Å². The molecular weight excluding hydrogens is 328 g/mol. The Morgan fingerprint density at radius 1 is 1.27 bits per heavy atom. The van der Waals surface area contributed by atoms with Gasteiger partial charge in [0.05, 0.1) is 19.1 Å². The Labute approximate surface area is 156 Å². The molecule has 1 heterocycles. The quantitative estimate of drug-likeness (QED) is 0.782. The molecule has 6 heteroatoms. The summed E-state index contributed by atoms with van der Waals surface area (Å²) in [6.45, 7) is 13.7. The number of hydrogen-bond donors (Lipinski definition) is 1. The highest BCUT2D eigenvalue weighted by molar-refractivity contribution is 5.78. The molecule has 1 N–H and O–H groups in total. The number of aryl methyl sites for hydroxylation is 2. The number of hydrogen-bond acceptors (Lipinski definition) is 5. The number of carbonyl (C=O) groups excluding carboxylic acids is 1. The Balaban J connectivity index is 1.94. The van der Waals surface area contributed by atoms with Crippen LogP contribution in [-0.4, -0.2) is 34.0 Å². The van der Waals surface area contributed by atoms with E-state index in [-0.39, 0.29) is 17.9 Å². The first kappa shape index (κ1) is 20.1. The first-order chi connectivity index (χ1) is 12.3. The molecular formula is C20H30N4O2. The van der Waals surface area contributed by atoms with Crippen LogP contribution < -0.4 is 5.32 Å². The minimum atomic E-state index is -0.0305. The lowest BCUT2D eigenvalue weighted by molar-refractivity contribution is -0.123. The van der Waals surface area contributed by atoms with E-state index in [2.05, 4.69) is 47.5 Å². The van der Waals surface area contributed by atoms with E-state index >= 15 is 0 Å². The lowest BCUT2D eigenvalue weighted by atomic mass is 10.00. The van der Waals surface area contributed by atoms with Gasteiger partial charge in [-0.2, -0.15) is 4.98 Å². The Morgan fingerprint density at radius 2 is 2.00 bits per heavy atom. The molecule has 1 amide bonds. The summed E-state index contributed by atoms with van der Waals surface area (Å²) in [7, 11) is 0. The Morgan fingerprint density at radius 3 is 2.62 bits per heavy atom. The Bertz CT molecular complexity index is 739. The van der Waals surface area contributed by atoms with Gasteiger partial charge in [0.2, 0.25) is 11.8 Å². The molecule has 0 fully saturated rings. The van der Waals surface area contributed by atoms with Gasteiger partial charge < -0.3 is 9.84 Å². The highest BCUT2D eigenvalue weighted by Gasteiger charge is 2.17. The summed E-state index contributed by atoms with van der Waals surface area (Å²) >= 11 is 0. The minimum Gasteiger partial charge on any atom is -0.348 e. The van der Waals surface area contributed by atoms with Crippen LogP contribution in [0.2, 0.25) is 0 Å². The largest absolute Gasteiger partial charge is 0.348 e. The average molecular weight is 358 g/mol. The number of aromatic nitrogens is 2. The first-order valence-electron chi connectivity index (χ1n) is 9.21. The lowest BCUT2D eigenvalue weighted by Crippen LogP contribution is -2.38. The van der Waals surface area contributed by atoms with E-state index in [0.717, 1.165) is 12.1 Å². The average Bonchev–Trinajstić information content (AvgIpc) is 3.05. The Kier molecular flexibility index (Phi) is 6.91. The van der Waals surface area contributed by atoms with Crippen molar-refractivity contribution in [2.75, 3.05) is 13.1 Å². The van der Waals surface area contributed by atoms with Crippen molar-refractivity contribution in [2.24, 2.45) is 0 Å². The van der Waals surface area contributed by atoms with Crippen LogP contribution in [-0.2, 0) is 11.3 Å². The molecule has 1 atom stereocenters. The molecule has 0 aliphatic rings. The maximum Gasteiger partial charge on any atom is 0.240 e. The molecule has 0 bridgehead atoms. The highest BCUT2D eigenvalue weighted by atomic mass is 16.5. The molecule has 142 valence electrons. The third-order valence-electron chi connectivity index (χ3n) is 4.45. The summed E-state index contributed by atoms with van der Waals surface area (Å²) in [4.78, 5) is 18.8. The maximum absolute atomic E-state index is 12.5. The SMILES string of the molecule is CCN(CC(=O)N[C@@H](C)c1cc(C)ccc1C)Cc1nc(C(C)C)no1. The Hall–Kier alpha value is -2.21. The van der Waals surface area contributed by atoms with Gasteiger partial charge in [-0.15, -0.1) is 0 Å². The van der Waals surface area contributed by atoms with E-state index in [1.54, 1.807) is 0 Å². The van der Waals surface area contributed by atoms with Crippen molar-refractivity contribution in [3.8, 4) is 0 Å². The van der Waals surface area contributed by atoms with Gasteiger partial charge in [0.15, 0.2) is 5.82 Å². The number of nitrogens with zero attached hydrogens (tertiary/aromatic N) is 3. The molecule has 2 rings (SSSR count). The number of amides is 1. The highest BCUT2D eigenvalue weighted by Crippen LogP contribution is 2.19. The predicted molar refractivity (Wildman–Crippen MR) is 102 cm³/mol. The van der Waals surface area contributed by atoms with Crippen molar-refractivity contribution in [1.82, 2.24) is 20.4 Å². The first-order valence-corrected chi connectivity index (χ1v) is 9.21. The predicted octanol–water partition coefficient (Wildman–Crippen LogP) is 3.51. The molecule has 6 nitrogen and oxygen atoms in total. The van der Waals surface area contributed by atoms with Gasteiger partial charge in [-0.1, -0.05) is 49.7 Å². The fraction of sp³-hybridized carbons (Fsp3) is 0.550. The second-order valence-corrected chi connectivity index (χ2v) is 7.15. The van der Waals surface area contributed by atoms with Crippen molar-refractivity contribution >= 4 is 5.91 Å². The van der Waals surface area contributed by atoms with Crippen LogP contribution in [0.25, 0.3) is 0 Å². The third-order valence-corrected chi connectivity index (χ3v) is 4.45. The molecule has 1 aromatic heterocycles. The second kappa shape index (κ2) is 8.94. The number of benzene rings is 1. The zero-order chi connectivity index (χ0) is 19.3. The van der Waals surface area contributed by atoms with Gasteiger partial charge in [-0.05, 0) is 38.4 Å². The number of likely N-dealkylation sites (N-methyl/N-ethyl adjacent to an activating group) is 1. The van der Waals surface area contributed by atoms with Crippen molar-refractivity contribution in [2.45, 2.75) is 60.0 Å². The number of rotatable bonds is 8. The smallest absolute Gasteiger partial charge is 0.240 e. The third kappa shape index (κ3) is 5.39. The zero-order valence-electron chi connectivity index (χ0n) is 16.7. The molecule has 0 aliphatic heterocycles. The van der Waals surface area contributed by atoms with Gasteiger partial charge in [-0.25, -0.2) is 0 Å². The molecule has 0 aliphatic carbocycles. The van der Waals surface area contributed by atoms with Crippen LogP contribution in [0.15, 0.2) is 22.7 Å². The van der Waals surface area contributed by atoms with Crippen LogP contribution in [0.1, 0.15) is 68.1 Å². The number of carbonyl (C=O) groups is 1. The van der Waals surface area contributed by atoms with Crippen LogP contribution >= 0.6 is 0 Å². The number of nitrogens with one attached hydrogen (secondary N) is 1. The molecule has 26 heavy (non-hydrogen) atoms. The van der Waals surface area contributed by atoms with Crippen molar-refractivity contribution in [3.05, 3.63) is 46.6 Å². The molecule has 0 saturated carbocycles. The summed E-state index contributed by atoms with van der Waals surface area (Å²) in [6, 6.07) is 6.27. The summed E-state index contributed by atoms with van der Waals surface area (Å²) < 4.78 is 5.28. The van der Waals surface area contributed by atoms with Gasteiger partial charge in [0.1, 0.15) is 0 Å². The molecule has 2 aromatic rings. The summed E-state index contributed by atoms with van der Waals surface area (Å²) in [6.07, 6.45) is 0. The molecule has 0 unspecified atom stereocenters. The van der Waals surface area contributed by atoms with Gasteiger partial charge in [0.25, 0.3) is 0 Å². The minimum absolute atomic E-state index is 0.0103. The van der Waals surface area contributed by atoms with Crippen LogP contribution in [0.5, 0.6) is 0 Å². The van der Waals surface area contributed by atoms with Crippen molar-refractivity contribution < 1.29 is 9.32 Å². The van der Waals surface area contributed by atoms with E-state index in [4.69, 9.17) is 4.52 Å². The molecule has 0 spiro atoms. The second-order valence-electron chi connectivity index (χ2n) is 7.15. The van der Waals surface area contributed by atoms with Crippen LogP contribution in [0.4, 0.5) is 0 Å². The molecule has 1 aromatic carbocycles.